The van der Waals surface area contributed by atoms with Crippen LogP contribution in [0.25, 0.3) is 28.0 Å². The predicted molar refractivity (Wildman–Crippen MR) is 106 cm³/mol. The van der Waals surface area contributed by atoms with Gasteiger partial charge in [-0.05, 0) is 44.0 Å². The third kappa shape index (κ3) is 2.37. The van der Waals surface area contributed by atoms with Crippen molar-refractivity contribution in [2.75, 3.05) is 5.73 Å². The number of anilines is 1. The average Bonchev–Trinajstić information content (AvgIpc) is 2.89. The van der Waals surface area contributed by atoms with Crippen molar-refractivity contribution < 1.29 is 0 Å². The lowest BCUT2D eigenvalue weighted by molar-refractivity contribution is 0.629. The molecule has 0 aliphatic carbocycles. The van der Waals surface area contributed by atoms with Crippen molar-refractivity contribution in [3.8, 4) is 17.1 Å². The van der Waals surface area contributed by atoms with Crippen LogP contribution in [0.15, 0.2) is 53.3 Å². The third-order valence-corrected chi connectivity index (χ3v) is 5.12. The summed E-state index contributed by atoms with van der Waals surface area (Å²) in [6.07, 6.45) is 1.59. The molecule has 0 bridgehead atoms. The fraction of sp³-hybridized carbons (Fsp3) is 0.190. The molecule has 0 unspecified atom stereocenters. The number of hydrogen-bond acceptors (Lipinski definition) is 4. The molecule has 0 saturated carbocycles. The van der Waals surface area contributed by atoms with Gasteiger partial charge in [-0.2, -0.15) is 5.10 Å². The first-order valence-electron chi connectivity index (χ1n) is 9.08. The minimum Gasteiger partial charge on any atom is -0.383 e. The molecule has 6 nitrogen and oxygen atoms in total. The van der Waals surface area contributed by atoms with Crippen molar-refractivity contribution in [3.05, 3.63) is 70.1 Å². The lowest BCUT2D eigenvalue weighted by atomic mass is 10.1. The van der Waals surface area contributed by atoms with Gasteiger partial charge in [-0.1, -0.05) is 29.8 Å². The zero-order valence-corrected chi connectivity index (χ0v) is 15.0. The second kappa shape index (κ2) is 5.81. The van der Waals surface area contributed by atoms with E-state index in [0.717, 1.165) is 35.3 Å². The molecule has 2 N–H and O–H groups in total. The van der Waals surface area contributed by atoms with Crippen LogP contribution >= 0.6 is 0 Å². The van der Waals surface area contributed by atoms with E-state index in [-0.39, 0.29) is 5.56 Å². The maximum atomic E-state index is 13.1. The van der Waals surface area contributed by atoms with E-state index < -0.39 is 0 Å². The Balaban J connectivity index is 1.82. The minimum atomic E-state index is -0.0154. The smallest absolute Gasteiger partial charge is 0.261 e. The molecule has 6 heteroatoms. The monoisotopic (exact) mass is 357 g/mol. The Hall–Kier alpha value is -3.41. The van der Waals surface area contributed by atoms with Gasteiger partial charge < -0.3 is 5.73 Å². The molecule has 0 amide bonds. The Bertz CT molecular complexity index is 1240. The van der Waals surface area contributed by atoms with Crippen LogP contribution < -0.4 is 11.3 Å². The van der Waals surface area contributed by atoms with Gasteiger partial charge in [-0.15, -0.1) is 0 Å². The maximum absolute atomic E-state index is 13.1. The molecule has 1 aliphatic rings. The predicted octanol–water partition coefficient (Wildman–Crippen LogP) is 3.09. The van der Waals surface area contributed by atoms with E-state index in [0.29, 0.717) is 29.1 Å². The summed E-state index contributed by atoms with van der Waals surface area (Å²) in [4.78, 5) is 17.9. The summed E-state index contributed by atoms with van der Waals surface area (Å²) < 4.78 is 3.49. The first kappa shape index (κ1) is 15.8. The second-order valence-electron chi connectivity index (χ2n) is 6.97. The fourth-order valence-electron chi connectivity index (χ4n) is 3.80. The highest BCUT2D eigenvalue weighted by Crippen LogP contribution is 2.33. The van der Waals surface area contributed by atoms with Gasteiger partial charge in [0.15, 0.2) is 0 Å². The summed E-state index contributed by atoms with van der Waals surface area (Å²) in [5, 5.41) is 5.39. The van der Waals surface area contributed by atoms with E-state index >= 15 is 0 Å². The van der Waals surface area contributed by atoms with Crippen LogP contribution in [0.2, 0.25) is 0 Å². The highest BCUT2D eigenvalue weighted by molar-refractivity contribution is 5.83. The Morgan fingerprint density at radius 1 is 1.11 bits per heavy atom. The van der Waals surface area contributed by atoms with Gasteiger partial charge in [0.2, 0.25) is 0 Å². The maximum Gasteiger partial charge on any atom is 0.261 e. The summed E-state index contributed by atoms with van der Waals surface area (Å²) >= 11 is 0. The molecule has 0 spiro atoms. The highest BCUT2D eigenvalue weighted by atomic mass is 16.1. The topological polar surface area (TPSA) is 78.7 Å². The molecule has 0 saturated heterocycles. The van der Waals surface area contributed by atoms with E-state index in [2.05, 4.69) is 0 Å². The van der Waals surface area contributed by atoms with Crippen molar-refractivity contribution in [2.24, 2.45) is 0 Å². The van der Waals surface area contributed by atoms with Crippen molar-refractivity contribution in [3.63, 3.8) is 0 Å². The number of nitrogens with zero attached hydrogens (tertiary/aromatic N) is 4. The summed E-state index contributed by atoms with van der Waals surface area (Å²) in [7, 11) is 0. The number of nitrogens with two attached hydrogens (primary N) is 1. The number of fused-ring (bicyclic) bond motifs is 4. The van der Waals surface area contributed by atoms with Crippen molar-refractivity contribution in [2.45, 2.75) is 26.3 Å². The van der Waals surface area contributed by atoms with Crippen LogP contribution in [-0.4, -0.2) is 19.3 Å². The van der Waals surface area contributed by atoms with Gasteiger partial charge in [0.1, 0.15) is 11.6 Å². The molecule has 0 fully saturated rings. The van der Waals surface area contributed by atoms with Crippen molar-refractivity contribution in [1.29, 1.82) is 0 Å². The first-order valence-corrected chi connectivity index (χ1v) is 9.08. The largest absolute Gasteiger partial charge is 0.383 e. The highest BCUT2D eigenvalue weighted by Gasteiger charge is 2.25. The lowest BCUT2D eigenvalue weighted by Gasteiger charge is -2.12. The molecular formula is C21H19N5O. The second-order valence-corrected chi connectivity index (χ2v) is 6.97. The van der Waals surface area contributed by atoms with Crippen LogP contribution in [0.1, 0.15) is 17.7 Å². The Morgan fingerprint density at radius 2 is 1.93 bits per heavy atom. The van der Waals surface area contributed by atoms with Crippen LogP contribution in [0, 0.1) is 6.92 Å². The zero-order chi connectivity index (χ0) is 18.5. The van der Waals surface area contributed by atoms with Crippen LogP contribution in [-0.2, 0) is 13.0 Å². The number of benzene rings is 2. The lowest BCUT2D eigenvalue weighted by Crippen LogP contribution is -2.23. The van der Waals surface area contributed by atoms with E-state index in [1.54, 1.807) is 9.25 Å². The molecule has 0 radical (unpaired) electrons. The number of hydrogen-bond donors (Lipinski definition) is 1. The molecule has 1 aliphatic heterocycles. The first-order chi connectivity index (χ1) is 13.1. The summed E-state index contributed by atoms with van der Waals surface area (Å²) in [6.45, 7) is 2.60. The number of nitrogen functional groups attached to an aromatic ring is 1. The van der Waals surface area contributed by atoms with E-state index in [1.165, 1.54) is 0 Å². The normalized spacial score (nSPS) is 13.2. The van der Waals surface area contributed by atoms with Crippen molar-refractivity contribution in [1.82, 2.24) is 19.3 Å². The number of aryl methyl sites for hydroxylation is 2. The number of aromatic nitrogens is 4. The Morgan fingerprint density at radius 3 is 2.74 bits per heavy atom. The molecule has 2 aromatic carbocycles. The van der Waals surface area contributed by atoms with Gasteiger partial charge in [-0.3, -0.25) is 9.36 Å². The summed E-state index contributed by atoms with van der Waals surface area (Å²) in [5.74, 6) is 1.13. The standard InChI is InChI=1S/C21H19N5O/c1-13-9-10-16-15(12-13)21(27)25-11-5-8-17-18(20(25)23-16)19(22)26(24-17)14-6-3-2-4-7-14/h2-4,6-7,9-10,12H,5,8,11,22H2,1H3. The molecule has 27 heavy (non-hydrogen) atoms. The van der Waals surface area contributed by atoms with Crippen LogP contribution in [0.3, 0.4) is 0 Å². The fourth-order valence-corrected chi connectivity index (χ4v) is 3.80. The molecule has 4 aromatic rings. The zero-order valence-electron chi connectivity index (χ0n) is 15.0. The van der Waals surface area contributed by atoms with E-state index in [4.69, 9.17) is 15.8 Å². The number of para-hydroxylation sites is 1. The van der Waals surface area contributed by atoms with Gasteiger partial charge in [-0.25, -0.2) is 9.67 Å². The molecule has 5 rings (SSSR count). The van der Waals surface area contributed by atoms with Gasteiger partial charge in [0.25, 0.3) is 5.56 Å². The van der Waals surface area contributed by atoms with Crippen LogP contribution in [0.4, 0.5) is 5.82 Å². The van der Waals surface area contributed by atoms with E-state index in [9.17, 15) is 4.79 Å². The third-order valence-electron chi connectivity index (χ3n) is 5.12. The van der Waals surface area contributed by atoms with Gasteiger partial charge in [0.05, 0.1) is 27.8 Å². The van der Waals surface area contributed by atoms with Gasteiger partial charge in [0, 0.05) is 6.54 Å². The van der Waals surface area contributed by atoms with Gasteiger partial charge >= 0.3 is 0 Å². The molecule has 2 aromatic heterocycles. The quantitative estimate of drug-likeness (QED) is 0.568. The van der Waals surface area contributed by atoms with Crippen LogP contribution in [0.5, 0.6) is 0 Å². The average molecular weight is 357 g/mol. The molecule has 3 heterocycles. The Kier molecular flexibility index (Phi) is 3.40. The Labute approximate surface area is 155 Å². The summed E-state index contributed by atoms with van der Waals surface area (Å²) in [6, 6.07) is 15.6. The van der Waals surface area contributed by atoms with E-state index in [1.807, 2.05) is 55.5 Å². The minimum absolute atomic E-state index is 0.0154. The van der Waals surface area contributed by atoms with Crippen molar-refractivity contribution >= 4 is 16.7 Å². The summed E-state index contributed by atoms with van der Waals surface area (Å²) in [5.41, 5.74) is 10.8. The SMILES string of the molecule is Cc1ccc2nc3n(c(=O)c2c1)CCCc1nn(-c2ccccc2)c(N)c1-3. The molecule has 134 valence electrons. The molecule has 0 atom stereocenters. The molecular weight excluding hydrogens is 338 g/mol. The number of rotatable bonds is 1.